The van der Waals surface area contributed by atoms with Crippen LogP contribution in [0.1, 0.15) is 25.0 Å². The summed E-state index contributed by atoms with van der Waals surface area (Å²) in [4.78, 5) is 11.3. The van der Waals surface area contributed by atoms with Crippen LogP contribution in [0.3, 0.4) is 0 Å². The number of nitrogens with one attached hydrogen (secondary N) is 2. The summed E-state index contributed by atoms with van der Waals surface area (Å²) in [5.41, 5.74) is -0.0757. The fourth-order valence-electron chi connectivity index (χ4n) is 1.35. The number of carbonyl (C=O) groups is 1. The van der Waals surface area contributed by atoms with Crippen LogP contribution in [0.5, 0.6) is 0 Å². The highest BCUT2D eigenvalue weighted by molar-refractivity contribution is 5.73. The lowest BCUT2D eigenvalue weighted by Crippen LogP contribution is -2.37. The fraction of sp³-hybridized carbons (Fsp3) is 0.462. The van der Waals surface area contributed by atoms with E-state index in [1.165, 1.54) is 12.1 Å². The number of hydrogen-bond acceptors (Lipinski definition) is 1. The van der Waals surface area contributed by atoms with Gasteiger partial charge in [-0.05, 0) is 23.6 Å². The molecule has 0 aromatic heterocycles. The van der Waals surface area contributed by atoms with Gasteiger partial charge in [0.05, 0.1) is 5.56 Å². The van der Waals surface area contributed by atoms with Crippen LogP contribution in [-0.4, -0.2) is 12.6 Å². The van der Waals surface area contributed by atoms with Gasteiger partial charge < -0.3 is 10.6 Å². The smallest absolute Gasteiger partial charge is 0.338 e. The maximum Gasteiger partial charge on any atom is 0.416 e. The van der Waals surface area contributed by atoms with Crippen molar-refractivity contribution in [1.82, 2.24) is 10.6 Å². The summed E-state index contributed by atoms with van der Waals surface area (Å²) in [6.07, 6.45) is -4.33. The molecule has 0 bridgehead atoms. The molecule has 2 N–H and O–H groups in total. The molecule has 106 valence electrons. The van der Waals surface area contributed by atoms with Crippen molar-refractivity contribution >= 4 is 6.03 Å². The molecule has 2 amide bonds. The number of carbonyl (C=O) groups excluding carboxylic acids is 1. The van der Waals surface area contributed by atoms with E-state index in [9.17, 15) is 18.0 Å². The molecule has 6 heteroatoms. The van der Waals surface area contributed by atoms with Gasteiger partial charge in [-0.15, -0.1) is 0 Å². The zero-order chi connectivity index (χ0) is 14.5. The van der Waals surface area contributed by atoms with E-state index >= 15 is 0 Å². The van der Waals surface area contributed by atoms with Crippen LogP contribution < -0.4 is 10.6 Å². The van der Waals surface area contributed by atoms with Gasteiger partial charge in [0.2, 0.25) is 0 Å². The van der Waals surface area contributed by atoms with Gasteiger partial charge in [-0.25, -0.2) is 4.79 Å². The first-order valence-corrected chi connectivity index (χ1v) is 5.97. The quantitative estimate of drug-likeness (QED) is 0.870. The predicted molar refractivity (Wildman–Crippen MR) is 66.5 cm³/mol. The Balaban J connectivity index is 2.44. The van der Waals surface area contributed by atoms with Crippen molar-refractivity contribution in [3.05, 3.63) is 35.4 Å². The third-order valence-corrected chi connectivity index (χ3v) is 2.41. The van der Waals surface area contributed by atoms with Gasteiger partial charge in [-0.1, -0.05) is 26.0 Å². The van der Waals surface area contributed by atoms with E-state index < -0.39 is 11.7 Å². The van der Waals surface area contributed by atoms with Crippen molar-refractivity contribution in [2.75, 3.05) is 6.54 Å². The van der Waals surface area contributed by atoms with Gasteiger partial charge in [-0.3, -0.25) is 0 Å². The van der Waals surface area contributed by atoms with E-state index in [4.69, 9.17) is 0 Å². The summed E-state index contributed by atoms with van der Waals surface area (Å²) in [7, 11) is 0. The van der Waals surface area contributed by atoms with Crippen molar-refractivity contribution in [2.24, 2.45) is 5.92 Å². The first-order valence-electron chi connectivity index (χ1n) is 5.97. The Kier molecular flexibility index (Phi) is 5.20. The van der Waals surface area contributed by atoms with Gasteiger partial charge >= 0.3 is 12.2 Å². The minimum Gasteiger partial charge on any atom is -0.338 e. The highest BCUT2D eigenvalue weighted by atomic mass is 19.4. The Morgan fingerprint density at radius 1 is 1.16 bits per heavy atom. The summed E-state index contributed by atoms with van der Waals surface area (Å²) in [6.45, 7) is 4.69. The van der Waals surface area contributed by atoms with Gasteiger partial charge in [0.1, 0.15) is 0 Å². The molecule has 1 aromatic rings. The standard InChI is InChI=1S/C13H17F3N2O/c1-9(2)7-17-12(19)18-8-10-3-5-11(6-4-10)13(14,15)16/h3-6,9H,7-8H2,1-2H3,(H2,17,18,19). The second kappa shape index (κ2) is 6.45. The Morgan fingerprint density at radius 3 is 2.21 bits per heavy atom. The van der Waals surface area contributed by atoms with Gasteiger partial charge in [0, 0.05) is 13.1 Å². The van der Waals surface area contributed by atoms with Crippen LogP contribution in [0, 0.1) is 5.92 Å². The van der Waals surface area contributed by atoms with Crippen LogP contribution >= 0.6 is 0 Å². The number of rotatable bonds is 4. The van der Waals surface area contributed by atoms with Crippen LogP contribution in [0.15, 0.2) is 24.3 Å². The average molecular weight is 274 g/mol. The van der Waals surface area contributed by atoms with Gasteiger partial charge in [0.15, 0.2) is 0 Å². The van der Waals surface area contributed by atoms with E-state index in [0.717, 1.165) is 12.1 Å². The van der Waals surface area contributed by atoms with Crippen LogP contribution in [0.4, 0.5) is 18.0 Å². The molecule has 0 atom stereocenters. The molecule has 0 aliphatic carbocycles. The van der Waals surface area contributed by atoms with Crippen LogP contribution in [0.2, 0.25) is 0 Å². The largest absolute Gasteiger partial charge is 0.416 e. The molecule has 1 rings (SSSR count). The Labute approximate surface area is 110 Å². The molecule has 0 aliphatic heterocycles. The lowest BCUT2D eigenvalue weighted by molar-refractivity contribution is -0.137. The molecular formula is C13H17F3N2O. The topological polar surface area (TPSA) is 41.1 Å². The highest BCUT2D eigenvalue weighted by Gasteiger charge is 2.29. The number of amides is 2. The summed E-state index contributed by atoms with van der Waals surface area (Å²) in [6, 6.07) is 4.39. The molecule has 0 radical (unpaired) electrons. The summed E-state index contributed by atoms with van der Waals surface area (Å²) in [5.74, 6) is 0.344. The molecule has 0 fully saturated rings. The average Bonchev–Trinajstić information content (AvgIpc) is 2.33. The molecule has 1 aromatic carbocycles. The predicted octanol–water partition coefficient (Wildman–Crippen LogP) is 3.16. The number of hydrogen-bond donors (Lipinski definition) is 2. The van der Waals surface area contributed by atoms with Crippen molar-refractivity contribution in [3.63, 3.8) is 0 Å². The molecule has 0 aliphatic rings. The van der Waals surface area contributed by atoms with Gasteiger partial charge in [0.25, 0.3) is 0 Å². The van der Waals surface area contributed by atoms with Crippen LogP contribution in [0.25, 0.3) is 0 Å². The lowest BCUT2D eigenvalue weighted by atomic mass is 10.1. The molecule has 3 nitrogen and oxygen atoms in total. The Bertz CT molecular complexity index is 413. The maximum absolute atomic E-state index is 12.3. The molecular weight excluding hydrogens is 257 g/mol. The van der Waals surface area contributed by atoms with E-state index in [2.05, 4.69) is 10.6 Å². The molecule has 0 unspecified atom stereocenters. The molecule has 0 saturated carbocycles. The van der Waals surface area contributed by atoms with Crippen molar-refractivity contribution in [3.8, 4) is 0 Å². The second-order valence-electron chi connectivity index (χ2n) is 4.65. The minimum atomic E-state index is -4.33. The lowest BCUT2D eigenvalue weighted by Gasteiger charge is -2.10. The van der Waals surface area contributed by atoms with E-state index in [0.29, 0.717) is 18.0 Å². The third-order valence-electron chi connectivity index (χ3n) is 2.41. The normalized spacial score (nSPS) is 11.5. The highest BCUT2D eigenvalue weighted by Crippen LogP contribution is 2.28. The Hall–Kier alpha value is -1.72. The van der Waals surface area contributed by atoms with Crippen molar-refractivity contribution in [2.45, 2.75) is 26.6 Å². The molecule has 0 saturated heterocycles. The van der Waals surface area contributed by atoms with E-state index in [1.807, 2.05) is 13.8 Å². The number of urea groups is 1. The van der Waals surface area contributed by atoms with Crippen LogP contribution in [-0.2, 0) is 12.7 Å². The summed E-state index contributed by atoms with van der Waals surface area (Å²) >= 11 is 0. The Morgan fingerprint density at radius 2 is 1.74 bits per heavy atom. The van der Waals surface area contributed by atoms with E-state index in [-0.39, 0.29) is 12.6 Å². The first kappa shape index (κ1) is 15.3. The van der Waals surface area contributed by atoms with Crippen molar-refractivity contribution in [1.29, 1.82) is 0 Å². The summed E-state index contributed by atoms with van der Waals surface area (Å²) < 4.78 is 37.0. The molecule has 0 spiro atoms. The van der Waals surface area contributed by atoms with Crippen molar-refractivity contribution < 1.29 is 18.0 Å². The van der Waals surface area contributed by atoms with Gasteiger partial charge in [-0.2, -0.15) is 13.2 Å². The number of halogens is 3. The molecule has 19 heavy (non-hydrogen) atoms. The zero-order valence-corrected chi connectivity index (χ0v) is 10.8. The first-order chi connectivity index (χ1) is 8.79. The third kappa shape index (κ3) is 5.63. The monoisotopic (exact) mass is 274 g/mol. The number of benzene rings is 1. The fourth-order valence-corrected chi connectivity index (χ4v) is 1.35. The SMILES string of the molecule is CC(C)CNC(=O)NCc1ccc(C(F)(F)F)cc1. The minimum absolute atomic E-state index is 0.196. The number of alkyl halides is 3. The molecule has 0 heterocycles. The summed E-state index contributed by atoms with van der Waals surface area (Å²) in [5, 5.41) is 5.24. The van der Waals surface area contributed by atoms with E-state index in [1.54, 1.807) is 0 Å². The second-order valence-corrected chi connectivity index (χ2v) is 4.65. The zero-order valence-electron chi connectivity index (χ0n) is 10.8. The maximum atomic E-state index is 12.3.